The fourth-order valence-electron chi connectivity index (χ4n) is 9.67. The molecule has 1 N–H and O–H groups in total. The van der Waals surface area contributed by atoms with Crippen molar-refractivity contribution in [1.82, 2.24) is 4.90 Å². The van der Waals surface area contributed by atoms with Gasteiger partial charge in [0.2, 0.25) is 0 Å². The number of carbonyl (C=O) groups excluding carboxylic acids is 1. The first kappa shape index (κ1) is 24.7. The quantitative estimate of drug-likeness (QED) is 0.507. The van der Waals surface area contributed by atoms with Crippen LogP contribution in [0.25, 0.3) is 0 Å². The molecule has 1 heterocycles. The molecule has 5 heteroatoms. The Bertz CT molecular complexity index is 745. The van der Waals surface area contributed by atoms with Gasteiger partial charge in [-0.25, -0.2) is 0 Å². The largest absolute Gasteiger partial charge is 0.391 e. The molecule has 5 fully saturated rings. The SMILES string of the molecule is CC(C)[C@@H]1CN([C@H]2C[C@@]3(C)[C@@H](CC[C@@H]4[C@@H]3CC[C@]3(C)[C@@H](C(=O)CBr)CC[C@@H]43)C[C@@H]2O)CCO1. The molecular formula is C28H46BrNO3. The predicted octanol–water partition coefficient (Wildman–Crippen LogP) is 5.31. The highest BCUT2D eigenvalue weighted by Gasteiger charge is 2.62. The third-order valence-electron chi connectivity index (χ3n) is 11.5. The lowest BCUT2D eigenvalue weighted by Crippen LogP contribution is -2.61. The van der Waals surface area contributed by atoms with Gasteiger partial charge in [0.1, 0.15) is 5.78 Å². The molecule has 0 aromatic rings. The normalized spacial score (nSPS) is 50.5. The second kappa shape index (κ2) is 9.16. The van der Waals surface area contributed by atoms with Crippen molar-refractivity contribution in [1.29, 1.82) is 0 Å². The molecule has 0 aromatic carbocycles. The average Bonchev–Trinajstić information content (AvgIpc) is 3.16. The molecular weight excluding hydrogens is 478 g/mol. The topological polar surface area (TPSA) is 49.8 Å². The zero-order chi connectivity index (χ0) is 23.5. The molecule has 0 aromatic heterocycles. The van der Waals surface area contributed by atoms with Crippen molar-refractivity contribution in [2.45, 2.75) is 97.3 Å². The first-order valence-corrected chi connectivity index (χ1v) is 14.9. The van der Waals surface area contributed by atoms with Crippen LogP contribution in [0.2, 0.25) is 0 Å². The van der Waals surface area contributed by atoms with Crippen LogP contribution in [0.15, 0.2) is 0 Å². The molecule has 188 valence electrons. The number of carbonyl (C=O) groups is 1. The van der Waals surface area contributed by atoms with Gasteiger partial charge in [0, 0.05) is 25.0 Å². The number of hydrogen-bond donors (Lipinski definition) is 1. The van der Waals surface area contributed by atoms with Crippen LogP contribution in [-0.4, -0.2) is 59.1 Å². The van der Waals surface area contributed by atoms with E-state index in [0.717, 1.165) is 50.8 Å². The van der Waals surface area contributed by atoms with Crippen molar-refractivity contribution in [3.63, 3.8) is 0 Å². The Hall–Kier alpha value is 0.0300. The highest BCUT2D eigenvalue weighted by atomic mass is 79.9. The van der Waals surface area contributed by atoms with E-state index >= 15 is 0 Å². The molecule has 4 saturated carbocycles. The fraction of sp³-hybridized carbons (Fsp3) is 0.964. The molecule has 0 unspecified atom stereocenters. The molecule has 4 nitrogen and oxygen atoms in total. The summed E-state index contributed by atoms with van der Waals surface area (Å²) in [7, 11) is 0. The summed E-state index contributed by atoms with van der Waals surface area (Å²) in [6, 6.07) is 0.273. The maximum Gasteiger partial charge on any atom is 0.147 e. The second-order valence-electron chi connectivity index (χ2n) is 13.2. The molecule has 4 aliphatic carbocycles. The van der Waals surface area contributed by atoms with Crippen molar-refractivity contribution in [2.75, 3.05) is 25.0 Å². The van der Waals surface area contributed by atoms with E-state index in [9.17, 15) is 9.90 Å². The van der Waals surface area contributed by atoms with Crippen LogP contribution in [0.4, 0.5) is 0 Å². The Labute approximate surface area is 209 Å². The van der Waals surface area contributed by atoms with Crippen LogP contribution in [-0.2, 0) is 9.53 Å². The Morgan fingerprint density at radius 3 is 2.61 bits per heavy atom. The number of halogens is 1. The third-order valence-corrected chi connectivity index (χ3v) is 12.1. The summed E-state index contributed by atoms with van der Waals surface area (Å²) >= 11 is 3.46. The van der Waals surface area contributed by atoms with Crippen molar-refractivity contribution in [3.8, 4) is 0 Å². The Morgan fingerprint density at radius 2 is 1.88 bits per heavy atom. The first-order valence-electron chi connectivity index (χ1n) is 13.8. The Balaban J connectivity index is 1.36. The van der Waals surface area contributed by atoms with Crippen LogP contribution in [0.1, 0.15) is 79.1 Å². The summed E-state index contributed by atoms with van der Waals surface area (Å²) in [5, 5.41) is 11.8. The van der Waals surface area contributed by atoms with Gasteiger partial charge in [-0.3, -0.25) is 9.69 Å². The maximum atomic E-state index is 12.8. The van der Waals surface area contributed by atoms with Crippen molar-refractivity contribution >= 4 is 21.7 Å². The van der Waals surface area contributed by atoms with E-state index in [-0.39, 0.29) is 29.6 Å². The number of alkyl halides is 1. The summed E-state index contributed by atoms with van der Waals surface area (Å²) < 4.78 is 6.06. The molecule has 0 amide bonds. The van der Waals surface area contributed by atoms with Crippen LogP contribution >= 0.6 is 15.9 Å². The zero-order valence-electron chi connectivity index (χ0n) is 21.3. The van der Waals surface area contributed by atoms with Gasteiger partial charge in [-0.1, -0.05) is 43.6 Å². The van der Waals surface area contributed by atoms with Gasteiger partial charge in [0.15, 0.2) is 0 Å². The molecule has 5 rings (SSSR count). The van der Waals surface area contributed by atoms with Crippen molar-refractivity contribution < 1.29 is 14.6 Å². The number of nitrogens with zero attached hydrogens (tertiary/aromatic N) is 1. The molecule has 5 aliphatic rings. The number of rotatable bonds is 4. The van der Waals surface area contributed by atoms with Gasteiger partial charge in [0.25, 0.3) is 0 Å². The van der Waals surface area contributed by atoms with E-state index in [4.69, 9.17) is 4.74 Å². The molecule has 10 atom stereocenters. The molecule has 0 radical (unpaired) electrons. The second-order valence-corrected chi connectivity index (χ2v) is 13.7. The fourth-order valence-corrected chi connectivity index (χ4v) is 10.1. The van der Waals surface area contributed by atoms with Gasteiger partial charge >= 0.3 is 0 Å². The van der Waals surface area contributed by atoms with Gasteiger partial charge in [-0.15, -0.1) is 0 Å². The van der Waals surface area contributed by atoms with E-state index in [2.05, 4.69) is 48.5 Å². The number of morpholine rings is 1. The lowest BCUT2D eigenvalue weighted by molar-refractivity contribution is -0.162. The van der Waals surface area contributed by atoms with Crippen LogP contribution in [0.5, 0.6) is 0 Å². The van der Waals surface area contributed by atoms with E-state index in [0.29, 0.717) is 34.3 Å². The van der Waals surface area contributed by atoms with Gasteiger partial charge in [-0.2, -0.15) is 0 Å². The lowest BCUT2D eigenvalue weighted by atomic mass is 9.44. The smallest absolute Gasteiger partial charge is 0.147 e. The summed E-state index contributed by atoms with van der Waals surface area (Å²) in [6.45, 7) is 12.3. The molecule has 0 spiro atoms. The standard InChI is InChI=1S/C28H46BrNO3/c1-17(2)26-16-30(11-12-33-26)23-14-28(4)18(13-24(23)31)5-6-19-20-7-8-22(25(32)15-29)27(20,3)10-9-21(19)28/h17-24,26,31H,5-16H2,1-4H3/t18-,19-,20-,21-,22+,23-,24-,26-,27-,28-/m0/s1. The number of aliphatic hydroxyl groups is 1. The Morgan fingerprint density at radius 1 is 1.12 bits per heavy atom. The van der Waals surface area contributed by atoms with E-state index in [1.807, 2.05) is 0 Å². The number of hydrogen-bond acceptors (Lipinski definition) is 4. The predicted molar refractivity (Wildman–Crippen MR) is 135 cm³/mol. The monoisotopic (exact) mass is 523 g/mol. The van der Waals surface area contributed by atoms with Crippen LogP contribution in [0, 0.1) is 46.3 Å². The summed E-state index contributed by atoms with van der Waals surface area (Å²) in [4.78, 5) is 15.3. The maximum absolute atomic E-state index is 12.8. The molecule has 33 heavy (non-hydrogen) atoms. The number of fused-ring (bicyclic) bond motifs is 5. The van der Waals surface area contributed by atoms with Gasteiger partial charge < -0.3 is 9.84 Å². The number of Topliss-reactive ketones (excluding diaryl/α,β-unsaturated/α-hetero) is 1. The van der Waals surface area contributed by atoms with Crippen molar-refractivity contribution in [3.05, 3.63) is 0 Å². The molecule has 1 saturated heterocycles. The van der Waals surface area contributed by atoms with Gasteiger partial charge in [-0.05, 0) is 91.8 Å². The van der Waals surface area contributed by atoms with Gasteiger partial charge in [0.05, 0.1) is 24.1 Å². The average molecular weight is 525 g/mol. The first-order chi connectivity index (χ1) is 15.7. The van der Waals surface area contributed by atoms with Crippen molar-refractivity contribution in [2.24, 2.45) is 46.3 Å². The summed E-state index contributed by atoms with van der Waals surface area (Å²) in [5.41, 5.74) is 0.523. The number of ketones is 1. The van der Waals surface area contributed by atoms with Crippen LogP contribution < -0.4 is 0 Å². The highest BCUT2D eigenvalue weighted by molar-refractivity contribution is 9.09. The van der Waals surface area contributed by atoms with E-state index < -0.39 is 0 Å². The minimum Gasteiger partial charge on any atom is -0.391 e. The third kappa shape index (κ3) is 4.00. The summed E-state index contributed by atoms with van der Waals surface area (Å²) in [6.07, 6.45) is 9.60. The lowest BCUT2D eigenvalue weighted by Gasteiger charge is -2.62. The van der Waals surface area contributed by atoms with E-state index in [1.54, 1.807) is 0 Å². The Kier molecular flexibility index (Phi) is 6.86. The minimum atomic E-state index is -0.202. The molecule has 1 aliphatic heterocycles. The molecule has 0 bridgehead atoms. The zero-order valence-corrected chi connectivity index (χ0v) is 22.9. The number of aliphatic hydroxyl groups excluding tert-OH is 1. The van der Waals surface area contributed by atoms with E-state index in [1.165, 1.54) is 32.1 Å². The van der Waals surface area contributed by atoms with Crippen LogP contribution in [0.3, 0.4) is 0 Å². The number of ether oxygens (including phenoxy) is 1. The highest BCUT2D eigenvalue weighted by Crippen LogP contribution is 2.67. The summed E-state index contributed by atoms with van der Waals surface area (Å²) in [5.74, 6) is 4.09. The minimum absolute atomic E-state index is 0.202.